The highest BCUT2D eigenvalue weighted by Crippen LogP contribution is 2.41. The summed E-state index contributed by atoms with van der Waals surface area (Å²) in [5, 5.41) is 10.4. The van der Waals surface area contributed by atoms with Gasteiger partial charge in [0.1, 0.15) is 0 Å². The van der Waals surface area contributed by atoms with Gasteiger partial charge < -0.3 is 4.90 Å². The number of fused-ring (bicyclic) bond motifs is 1. The Balaban J connectivity index is 1.71. The highest BCUT2D eigenvalue weighted by Gasteiger charge is 2.17. The van der Waals surface area contributed by atoms with Crippen LogP contribution in [0.4, 0.5) is 22.7 Å². The van der Waals surface area contributed by atoms with Crippen molar-refractivity contribution >= 4 is 44.9 Å². The highest BCUT2D eigenvalue weighted by atomic mass is 15.1. The van der Waals surface area contributed by atoms with Crippen molar-refractivity contribution in [2.24, 2.45) is 4.99 Å². The number of nitrogens with one attached hydrogen (secondary N) is 1. The normalized spacial score (nSPS) is 14.2. The molecule has 1 aliphatic rings. The molecule has 160 valence electrons. The fourth-order valence-electron chi connectivity index (χ4n) is 4.08. The second-order valence-electron chi connectivity index (χ2n) is 8.28. The third-order valence-corrected chi connectivity index (χ3v) is 5.85. The molecule has 0 amide bonds. The van der Waals surface area contributed by atoms with Gasteiger partial charge in [-0.2, -0.15) is 0 Å². The van der Waals surface area contributed by atoms with Gasteiger partial charge in [-0.1, -0.05) is 71.8 Å². The molecule has 0 fully saturated rings. The quantitative estimate of drug-likeness (QED) is 0.328. The van der Waals surface area contributed by atoms with Crippen LogP contribution in [0.5, 0.6) is 0 Å². The summed E-state index contributed by atoms with van der Waals surface area (Å²) < 4.78 is 0. The summed E-state index contributed by atoms with van der Waals surface area (Å²) in [5.74, 6) is 0. The van der Waals surface area contributed by atoms with E-state index in [1.807, 2.05) is 24.3 Å². The molecule has 3 nitrogen and oxygen atoms in total. The summed E-state index contributed by atoms with van der Waals surface area (Å²) in [6.07, 6.45) is 7.44. The standard InChI is InChI=1S/C30H25N3/c1-21-11-15-23(16-12-21)33(24-17-13-22(2)14-18-24)30-20-19-28(25-7-3-4-8-26(25)30)32-29-10-6-5-9-27(29)31/h3-20,31H,1-2H3/b31-27?,32-29+. The van der Waals surface area contributed by atoms with Gasteiger partial charge in [0.15, 0.2) is 0 Å². The van der Waals surface area contributed by atoms with Crippen LogP contribution in [0, 0.1) is 19.3 Å². The largest absolute Gasteiger partial charge is 0.310 e. The Kier molecular flexibility index (Phi) is 5.45. The number of nitrogens with zero attached hydrogens (tertiary/aromatic N) is 2. The van der Waals surface area contributed by atoms with Crippen molar-refractivity contribution in [3.63, 3.8) is 0 Å². The van der Waals surface area contributed by atoms with E-state index in [2.05, 4.69) is 97.6 Å². The first kappa shape index (κ1) is 20.7. The average Bonchev–Trinajstić information content (AvgIpc) is 2.84. The van der Waals surface area contributed by atoms with Gasteiger partial charge in [0.05, 0.1) is 22.8 Å². The molecule has 0 radical (unpaired) electrons. The Hall–Kier alpha value is -4.24. The Bertz CT molecular complexity index is 1380. The predicted molar refractivity (Wildman–Crippen MR) is 141 cm³/mol. The maximum Gasteiger partial charge on any atom is 0.0886 e. The van der Waals surface area contributed by atoms with Crippen LogP contribution in [0.2, 0.25) is 0 Å². The molecule has 0 aliphatic heterocycles. The van der Waals surface area contributed by atoms with E-state index < -0.39 is 0 Å². The minimum atomic E-state index is 0.423. The zero-order valence-corrected chi connectivity index (χ0v) is 18.8. The minimum absolute atomic E-state index is 0.423. The molecule has 0 saturated heterocycles. The van der Waals surface area contributed by atoms with Crippen molar-refractivity contribution < 1.29 is 0 Å². The molecule has 33 heavy (non-hydrogen) atoms. The molecule has 3 heteroatoms. The van der Waals surface area contributed by atoms with E-state index in [-0.39, 0.29) is 0 Å². The summed E-state index contributed by atoms with van der Waals surface area (Å²) in [6, 6.07) is 29.8. The van der Waals surface area contributed by atoms with Crippen LogP contribution in [0.25, 0.3) is 10.8 Å². The highest BCUT2D eigenvalue weighted by molar-refractivity contribution is 6.50. The summed E-state index contributed by atoms with van der Waals surface area (Å²) in [5.41, 5.74) is 7.73. The van der Waals surface area contributed by atoms with E-state index in [1.54, 1.807) is 6.08 Å². The molecule has 0 saturated carbocycles. The van der Waals surface area contributed by atoms with Crippen LogP contribution < -0.4 is 4.90 Å². The third kappa shape index (κ3) is 4.13. The van der Waals surface area contributed by atoms with Crippen molar-refractivity contribution in [2.75, 3.05) is 4.90 Å². The SMILES string of the molecule is Cc1ccc(N(c2ccc(C)cc2)c2ccc(/N=C3\C=CC=CC3=N)c3ccccc23)cc1. The Labute approximate surface area is 194 Å². The molecule has 4 aromatic rings. The lowest BCUT2D eigenvalue weighted by Gasteiger charge is -2.27. The first-order chi connectivity index (χ1) is 16.1. The summed E-state index contributed by atoms with van der Waals surface area (Å²) in [6.45, 7) is 4.21. The number of hydrogen-bond acceptors (Lipinski definition) is 3. The Morgan fingerprint density at radius 3 is 1.82 bits per heavy atom. The van der Waals surface area contributed by atoms with Crippen molar-refractivity contribution in [3.05, 3.63) is 120 Å². The molecular weight excluding hydrogens is 402 g/mol. The fraction of sp³-hybridized carbons (Fsp3) is 0.0667. The molecule has 0 heterocycles. The van der Waals surface area contributed by atoms with Gasteiger partial charge in [0.25, 0.3) is 0 Å². The lowest BCUT2D eigenvalue weighted by molar-refractivity contribution is 1.28. The smallest absolute Gasteiger partial charge is 0.0886 e. The van der Waals surface area contributed by atoms with Crippen molar-refractivity contribution in [2.45, 2.75) is 13.8 Å². The lowest BCUT2D eigenvalue weighted by atomic mass is 10.0. The number of benzene rings is 4. The number of anilines is 3. The Morgan fingerprint density at radius 2 is 1.21 bits per heavy atom. The van der Waals surface area contributed by atoms with Gasteiger partial charge in [0.2, 0.25) is 0 Å². The van der Waals surface area contributed by atoms with E-state index in [0.29, 0.717) is 11.4 Å². The number of aliphatic imine (C=N–C) groups is 1. The van der Waals surface area contributed by atoms with E-state index in [4.69, 9.17) is 10.4 Å². The molecule has 1 aliphatic carbocycles. The van der Waals surface area contributed by atoms with Crippen molar-refractivity contribution in [1.82, 2.24) is 0 Å². The van der Waals surface area contributed by atoms with Gasteiger partial charge in [0, 0.05) is 22.1 Å². The van der Waals surface area contributed by atoms with Gasteiger partial charge in [-0.15, -0.1) is 0 Å². The fourth-order valence-corrected chi connectivity index (χ4v) is 4.08. The van der Waals surface area contributed by atoms with Crippen LogP contribution in [0.15, 0.2) is 114 Å². The number of aryl methyl sites for hydroxylation is 2. The minimum Gasteiger partial charge on any atom is -0.310 e. The average molecular weight is 428 g/mol. The topological polar surface area (TPSA) is 39.5 Å². The summed E-state index contributed by atoms with van der Waals surface area (Å²) in [4.78, 5) is 7.13. The van der Waals surface area contributed by atoms with Crippen LogP contribution >= 0.6 is 0 Å². The summed E-state index contributed by atoms with van der Waals surface area (Å²) >= 11 is 0. The van der Waals surface area contributed by atoms with Gasteiger partial charge in [-0.25, -0.2) is 4.99 Å². The summed E-state index contributed by atoms with van der Waals surface area (Å²) in [7, 11) is 0. The maximum atomic E-state index is 8.20. The maximum absolute atomic E-state index is 8.20. The molecule has 0 spiro atoms. The van der Waals surface area contributed by atoms with E-state index >= 15 is 0 Å². The van der Waals surface area contributed by atoms with Crippen molar-refractivity contribution in [3.8, 4) is 0 Å². The van der Waals surface area contributed by atoms with Crippen LogP contribution in [0.3, 0.4) is 0 Å². The van der Waals surface area contributed by atoms with E-state index in [9.17, 15) is 0 Å². The Morgan fingerprint density at radius 1 is 0.636 bits per heavy atom. The van der Waals surface area contributed by atoms with E-state index in [1.165, 1.54) is 11.1 Å². The number of hydrogen-bond donors (Lipinski definition) is 1. The first-order valence-corrected chi connectivity index (χ1v) is 11.1. The molecule has 0 bridgehead atoms. The molecule has 5 rings (SSSR count). The molecular formula is C30H25N3. The zero-order valence-electron chi connectivity index (χ0n) is 18.8. The molecule has 4 aromatic carbocycles. The number of rotatable bonds is 4. The van der Waals surface area contributed by atoms with Gasteiger partial charge in [-0.05, 0) is 62.4 Å². The van der Waals surface area contributed by atoms with Crippen LogP contribution in [-0.2, 0) is 0 Å². The lowest BCUT2D eigenvalue weighted by Crippen LogP contribution is -2.11. The molecule has 1 N–H and O–H groups in total. The monoisotopic (exact) mass is 427 g/mol. The van der Waals surface area contributed by atoms with Crippen molar-refractivity contribution in [1.29, 1.82) is 5.41 Å². The van der Waals surface area contributed by atoms with Crippen LogP contribution in [0.1, 0.15) is 11.1 Å². The molecule has 0 atom stereocenters. The van der Waals surface area contributed by atoms with Gasteiger partial charge in [-0.3, -0.25) is 5.41 Å². The van der Waals surface area contributed by atoms with Gasteiger partial charge >= 0.3 is 0 Å². The van der Waals surface area contributed by atoms with Crippen LogP contribution in [-0.4, -0.2) is 11.4 Å². The first-order valence-electron chi connectivity index (χ1n) is 11.1. The second kappa shape index (κ2) is 8.71. The second-order valence-corrected chi connectivity index (χ2v) is 8.28. The van der Waals surface area contributed by atoms with E-state index in [0.717, 1.165) is 33.5 Å². The molecule has 0 unspecified atom stereocenters. The zero-order chi connectivity index (χ0) is 22.8. The number of allylic oxidation sites excluding steroid dienone is 4. The predicted octanol–water partition coefficient (Wildman–Crippen LogP) is 8.14. The third-order valence-electron chi connectivity index (χ3n) is 5.85. The molecule has 0 aromatic heterocycles.